The molecule has 1 heterocycles. The van der Waals surface area contributed by atoms with Crippen molar-refractivity contribution < 1.29 is 9.50 Å². The van der Waals surface area contributed by atoms with Gasteiger partial charge < -0.3 is 10.4 Å². The van der Waals surface area contributed by atoms with Gasteiger partial charge in [-0.2, -0.15) is 0 Å². The van der Waals surface area contributed by atoms with Crippen LogP contribution >= 0.6 is 11.6 Å². The summed E-state index contributed by atoms with van der Waals surface area (Å²) in [5.41, 5.74) is 3.94. The Hall–Kier alpha value is -3.15. The van der Waals surface area contributed by atoms with Crippen LogP contribution in [0.15, 0.2) is 66.9 Å². The molecule has 0 saturated carbocycles. The van der Waals surface area contributed by atoms with Gasteiger partial charge in [0.1, 0.15) is 11.6 Å². The Kier molecular flexibility index (Phi) is 6.58. The van der Waals surface area contributed by atoms with Crippen molar-refractivity contribution in [2.75, 3.05) is 18.4 Å². The van der Waals surface area contributed by atoms with Crippen LogP contribution < -0.4 is 5.32 Å². The maximum absolute atomic E-state index is 14.6. The fourth-order valence-electron chi connectivity index (χ4n) is 3.85. The number of pyridine rings is 1. The first kappa shape index (κ1) is 22.1. The Morgan fingerprint density at radius 3 is 2.53 bits per heavy atom. The molecule has 0 unspecified atom stereocenters. The molecule has 0 saturated heterocycles. The molecule has 1 aromatic heterocycles. The maximum atomic E-state index is 14.6. The van der Waals surface area contributed by atoms with Crippen LogP contribution in [0.1, 0.15) is 19.4 Å². The monoisotopic (exact) mass is 449 g/mol. The van der Waals surface area contributed by atoms with E-state index in [4.69, 9.17) is 11.6 Å². The number of phenols is 1. The van der Waals surface area contributed by atoms with Gasteiger partial charge in [0, 0.05) is 51.2 Å². The predicted molar refractivity (Wildman–Crippen MR) is 130 cm³/mol. The number of hydrogen-bond acceptors (Lipinski definition) is 4. The first-order valence-electron chi connectivity index (χ1n) is 10.6. The van der Waals surface area contributed by atoms with E-state index in [2.05, 4.69) is 29.0 Å². The van der Waals surface area contributed by atoms with Crippen molar-refractivity contribution in [3.8, 4) is 16.9 Å². The standard InChI is InChI=1S/C26H25ClFN3O/c1-3-31(4-2)16-17-13-19(15-22(26(17)32)20-7-5-6-8-23(20)28)30-24-11-12-29-25-14-18(27)9-10-21(24)25/h5-15,32H,3-4,16H2,1-2H3,(H,29,30). The second kappa shape index (κ2) is 9.55. The van der Waals surface area contributed by atoms with E-state index in [-0.39, 0.29) is 11.6 Å². The van der Waals surface area contributed by atoms with E-state index in [1.54, 1.807) is 30.5 Å². The molecule has 0 aliphatic heterocycles. The lowest BCUT2D eigenvalue weighted by Crippen LogP contribution is -2.22. The lowest BCUT2D eigenvalue weighted by Gasteiger charge is -2.21. The Morgan fingerprint density at radius 1 is 1.00 bits per heavy atom. The van der Waals surface area contributed by atoms with E-state index in [1.165, 1.54) is 6.07 Å². The van der Waals surface area contributed by atoms with Crippen LogP contribution in [0.25, 0.3) is 22.0 Å². The van der Waals surface area contributed by atoms with Gasteiger partial charge in [0.15, 0.2) is 0 Å². The van der Waals surface area contributed by atoms with Gasteiger partial charge >= 0.3 is 0 Å². The van der Waals surface area contributed by atoms with Crippen molar-refractivity contribution in [2.24, 2.45) is 0 Å². The molecular weight excluding hydrogens is 425 g/mol. The molecule has 4 aromatic rings. The van der Waals surface area contributed by atoms with Gasteiger partial charge in [-0.15, -0.1) is 0 Å². The average Bonchev–Trinajstić information content (AvgIpc) is 2.79. The van der Waals surface area contributed by atoms with E-state index in [0.717, 1.165) is 40.9 Å². The van der Waals surface area contributed by atoms with E-state index < -0.39 is 0 Å². The van der Waals surface area contributed by atoms with Crippen molar-refractivity contribution in [3.63, 3.8) is 0 Å². The van der Waals surface area contributed by atoms with Crippen molar-refractivity contribution in [3.05, 3.63) is 83.3 Å². The van der Waals surface area contributed by atoms with Gasteiger partial charge in [0.25, 0.3) is 0 Å². The Balaban J connectivity index is 1.83. The van der Waals surface area contributed by atoms with Crippen molar-refractivity contribution in [1.29, 1.82) is 0 Å². The quantitative estimate of drug-likeness (QED) is 0.298. The van der Waals surface area contributed by atoms with Crippen LogP contribution in [0, 0.1) is 5.82 Å². The third-order valence-electron chi connectivity index (χ3n) is 5.63. The molecule has 4 rings (SSSR count). The van der Waals surface area contributed by atoms with Crippen LogP contribution in [-0.4, -0.2) is 28.1 Å². The molecule has 0 bridgehead atoms. The minimum atomic E-state index is -0.377. The fraction of sp³-hybridized carbons (Fsp3) is 0.192. The lowest BCUT2D eigenvalue weighted by atomic mass is 9.99. The molecule has 0 atom stereocenters. The zero-order valence-corrected chi connectivity index (χ0v) is 18.8. The maximum Gasteiger partial charge on any atom is 0.131 e. The number of anilines is 2. The third kappa shape index (κ3) is 4.54. The number of nitrogens with one attached hydrogen (secondary N) is 1. The summed E-state index contributed by atoms with van der Waals surface area (Å²) in [5, 5.41) is 16.0. The van der Waals surface area contributed by atoms with Gasteiger partial charge in [-0.1, -0.05) is 43.6 Å². The van der Waals surface area contributed by atoms with Crippen LogP contribution in [-0.2, 0) is 6.54 Å². The largest absolute Gasteiger partial charge is 0.507 e. The molecule has 4 nitrogen and oxygen atoms in total. The van der Waals surface area contributed by atoms with E-state index in [0.29, 0.717) is 22.7 Å². The van der Waals surface area contributed by atoms with Crippen LogP contribution in [0.2, 0.25) is 5.02 Å². The minimum absolute atomic E-state index is 0.0962. The van der Waals surface area contributed by atoms with Gasteiger partial charge in [-0.25, -0.2) is 4.39 Å². The summed E-state index contributed by atoms with van der Waals surface area (Å²) in [6.07, 6.45) is 1.72. The Morgan fingerprint density at radius 2 is 1.78 bits per heavy atom. The van der Waals surface area contributed by atoms with E-state index >= 15 is 0 Å². The molecule has 32 heavy (non-hydrogen) atoms. The summed E-state index contributed by atoms with van der Waals surface area (Å²) in [6, 6.07) is 17.6. The molecule has 0 amide bonds. The highest BCUT2D eigenvalue weighted by Crippen LogP contribution is 2.38. The first-order chi connectivity index (χ1) is 15.5. The number of rotatable bonds is 7. The van der Waals surface area contributed by atoms with Crippen molar-refractivity contribution in [1.82, 2.24) is 9.88 Å². The first-order valence-corrected chi connectivity index (χ1v) is 11.0. The Bertz CT molecular complexity index is 1260. The van der Waals surface area contributed by atoms with Crippen molar-refractivity contribution in [2.45, 2.75) is 20.4 Å². The van der Waals surface area contributed by atoms with Gasteiger partial charge in [0.2, 0.25) is 0 Å². The molecule has 0 radical (unpaired) electrons. The number of aromatic hydroxyl groups is 1. The number of fused-ring (bicyclic) bond motifs is 1. The minimum Gasteiger partial charge on any atom is -0.507 e. The molecule has 3 aromatic carbocycles. The molecule has 0 spiro atoms. The fourth-order valence-corrected chi connectivity index (χ4v) is 4.01. The summed E-state index contributed by atoms with van der Waals surface area (Å²) >= 11 is 6.12. The highest BCUT2D eigenvalue weighted by molar-refractivity contribution is 6.31. The van der Waals surface area contributed by atoms with Crippen LogP contribution in [0.3, 0.4) is 0 Å². The molecule has 164 valence electrons. The second-order valence-electron chi connectivity index (χ2n) is 7.62. The predicted octanol–water partition coefficient (Wildman–Crippen LogP) is 6.99. The zero-order chi connectivity index (χ0) is 22.7. The SMILES string of the molecule is CCN(CC)Cc1cc(Nc2ccnc3cc(Cl)ccc23)cc(-c2ccccc2F)c1O. The molecular formula is C26H25ClFN3O. The molecule has 2 N–H and O–H groups in total. The van der Waals surface area contributed by atoms with Crippen LogP contribution in [0.5, 0.6) is 5.75 Å². The summed E-state index contributed by atoms with van der Waals surface area (Å²) < 4.78 is 14.6. The molecule has 6 heteroatoms. The normalized spacial score (nSPS) is 11.3. The number of benzene rings is 3. The summed E-state index contributed by atoms with van der Waals surface area (Å²) in [7, 11) is 0. The molecule has 0 aliphatic carbocycles. The number of halogens is 2. The number of aromatic nitrogens is 1. The third-order valence-corrected chi connectivity index (χ3v) is 5.86. The van der Waals surface area contributed by atoms with Crippen molar-refractivity contribution >= 4 is 33.9 Å². The smallest absolute Gasteiger partial charge is 0.131 e. The van der Waals surface area contributed by atoms with Crippen LogP contribution in [0.4, 0.5) is 15.8 Å². The summed E-state index contributed by atoms with van der Waals surface area (Å²) in [4.78, 5) is 6.60. The van der Waals surface area contributed by atoms with Gasteiger partial charge in [-0.05, 0) is 55.6 Å². The number of nitrogens with zero attached hydrogens (tertiary/aromatic N) is 2. The number of hydrogen-bond donors (Lipinski definition) is 2. The molecule has 0 fully saturated rings. The van der Waals surface area contributed by atoms with E-state index in [9.17, 15) is 9.50 Å². The zero-order valence-electron chi connectivity index (χ0n) is 18.1. The van der Waals surface area contributed by atoms with Gasteiger partial charge in [-0.3, -0.25) is 9.88 Å². The van der Waals surface area contributed by atoms with Gasteiger partial charge in [0.05, 0.1) is 5.52 Å². The second-order valence-corrected chi connectivity index (χ2v) is 8.05. The average molecular weight is 450 g/mol. The summed E-state index contributed by atoms with van der Waals surface area (Å²) in [5.74, 6) is -0.281. The Labute approximate surface area is 192 Å². The number of phenolic OH excluding ortho intramolecular Hbond substituents is 1. The molecule has 0 aliphatic rings. The topological polar surface area (TPSA) is 48.4 Å². The highest BCUT2D eigenvalue weighted by atomic mass is 35.5. The van der Waals surface area contributed by atoms with E-state index in [1.807, 2.05) is 30.3 Å². The lowest BCUT2D eigenvalue weighted by molar-refractivity contribution is 0.291. The summed E-state index contributed by atoms with van der Waals surface area (Å²) in [6.45, 7) is 6.41. The highest BCUT2D eigenvalue weighted by Gasteiger charge is 2.17.